The zero-order valence-corrected chi connectivity index (χ0v) is 19.4. The Bertz CT molecular complexity index is 934. The molecule has 2 rings (SSSR count). The quantitative estimate of drug-likeness (QED) is 0.287. The molecule has 2 N–H and O–H groups in total. The molecule has 8 heteroatoms. The van der Waals surface area contributed by atoms with Crippen molar-refractivity contribution in [3.63, 3.8) is 0 Å². The number of benzene rings is 2. The number of carbonyl (C=O) groups is 2. The predicted molar refractivity (Wildman–Crippen MR) is 123 cm³/mol. The van der Waals surface area contributed by atoms with Gasteiger partial charge in [0.25, 0.3) is 11.8 Å². The zero-order valence-electron chi connectivity index (χ0n) is 17.8. The molecule has 0 saturated heterocycles. The average molecular weight is 492 g/mol. The van der Waals surface area contributed by atoms with Gasteiger partial charge in [0.05, 0.1) is 22.9 Å². The second kappa shape index (κ2) is 12.2. The molecule has 2 amide bonds. The molecular formula is C23H27BrFN3O3. The molecular weight excluding hydrogens is 465 g/mol. The molecule has 0 fully saturated rings. The Hall–Kier alpha value is -2.74. The van der Waals surface area contributed by atoms with E-state index in [0.717, 1.165) is 28.6 Å². The predicted octanol–water partition coefficient (Wildman–Crippen LogP) is 4.67. The van der Waals surface area contributed by atoms with Gasteiger partial charge >= 0.3 is 0 Å². The Morgan fingerprint density at radius 3 is 2.61 bits per heavy atom. The maximum Gasteiger partial charge on any atom is 0.262 e. The van der Waals surface area contributed by atoms with Gasteiger partial charge in [-0.15, -0.1) is 0 Å². The van der Waals surface area contributed by atoms with Crippen molar-refractivity contribution in [3.8, 4) is 5.75 Å². The van der Waals surface area contributed by atoms with E-state index in [4.69, 9.17) is 4.74 Å². The molecule has 2 aromatic rings. The van der Waals surface area contributed by atoms with E-state index in [2.05, 4.69) is 38.7 Å². The number of nitrogens with zero attached hydrogens (tertiary/aromatic N) is 1. The van der Waals surface area contributed by atoms with Gasteiger partial charge in [-0.1, -0.05) is 39.3 Å². The summed E-state index contributed by atoms with van der Waals surface area (Å²) < 4.78 is 20.3. The van der Waals surface area contributed by atoms with Crippen LogP contribution in [0.15, 0.2) is 52.0 Å². The number of amides is 2. The molecule has 0 heterocycles. The van der Waals surface area contributed by atoms with Gasteiger partial charge in [0.15, 0.2) is 0 Å². The number of hydrogen-bond donors (Lipinski definition) is 2. The molecule has 0 aliphatic heterocycles. The van der Waals surface area contributed by atoms with Crippen LogP contribution in [0.4, 0.5) is 4.39 Å². The summed E-state index contributed by atoms with van der Waals surface area (Å²) in [5.74, 6) is -1.27. The fraction of sp³-hybridized carbons (Fsp3) is 0.348. The van der Waals surface area contributed by atoms with E-state index in [1.807, 2.05) is 18.2 Å². The summed E-state index contributed by atoms with van der Waals surface area (Å²) in [6, 6.07) is 10.2. The van der Waals surface area contributed by atoms with Gasteiger partial charge in [-0.05, 0) is 64.2 Å². The maximum absolute atomic E-state index is 13.8. The van der Waals surface area contributed by atoms with Crippen LogP contribution in [0, 0.1) is 11.7 Å². The van der Waals surface area contributed by atoms with Crippen molar-refractivity contribution in [2.24, 2.45) is 11.0 Å². The van der Waals surface area contributed by atoms with E-state index in [9.17, 15) is 14.0 Å². The second-order valence-corrected chi connectivity index (χ2v) is 8.16. The van der Waals surface area contributed by atoms with Crippen LogP contribution in [0.5, 0.6) is 5.75 Å². The average Bonchev–Trinajstić information content (AvgIpc) is 2.73. The fourth-order valence-corrected chi connectivity index (χ4v) is 3.19. The molecule has 2 aromatic carbocycles. The van der Waals surface area contributed by atoms with Gasteiger partial charge in [0.1, 0.15) is 17.6 Å². The van der Waals surface area contributed by atoms with Crippen LogP contribution in [0.2, 0.25) is 0 Å². The molecule has 1 unspecified atom stereocenters. The van der Waals surface area contributed by atoms with Crippen LogP contribution in [0.3, 0.4) is 0 Å². The number of carbonyl (C=O) groups excluding carboxylic acids is 2. The molecule has 0 bridgehead atoms. The first kappa shape index (κ1) is 24.5. The van der Waals surface area contributed by atoms with Crippen LogP contribution in [0.1, 0.15) is 49.5 Å². The van der Waals surface area contributed by atoms with Gasteiger partial charge in [-0.25, -0.2) is 9.82 Å². The normalized spacial score (nSPS) is 12.1. The highest BCUT2D eigenvalue weighted by Gasteiger charge is 2.25. The van der Waals surface area contributed by atoms with Crippen molar-refractivity contribution in [3.05, 3.63) is 63.9 Å². The highest BCUT2D eigenvalue weighted by Crippen LogP contribution is 2.25. The van der Waals surface area contributed by atoms with Crippen LogP contribution >= 0.6 is 15.9 Å². The maximum atomic E-state index is 13.8. The second-order valence-electron chi connectivity index (χ2n) is 7.30. The molecule has 0 aliphatic rings. The molecule has 0 spiro atoms. The first-order valence-corrected chi connectivity index (χ1v) is 10.9. The molecule has 31 heavy (non-hydrogen) atoms. The van der Waals surface area contributed by atoms with E-state index in [1.54, 1.807) is 19.9 Å². The van der Waals surface area contributed by atoms with Gasteiger partial charge in [0, 0.05) is 0 Å². The fourth-order valence-electron chi connectivity index (χ4n) is 2.68. The lowest BCUT2D eigenvalue weighted by atomic mass is 10.0. The number of halogens is 2. The van der Waals surface area contributed by atoms with Gasteiger partial charge in [-0.2, -0.15) is 5.10 Å². The third-order valence-electron chi connectivity index (χ3n) is 4.45. The van der Waals surface area contributed by atoms with E-state index >= 15 is 0 Å². The minimum absolute atomic E-state index is 0.115. The van der Waals surface area contributed by atoms with E-state index in [0.29, 0.717) is 6.61 Å². The van der Waals surface area contributed by atoms with Crippen LogP contribution in [-0.2, 0) is 4.79 Å². The van der Waals surface area contributed by atoms with Gasteiger partial charge < -0.3 is 10.1 Å². The van der Waals surface area contributed by atoms with Crippen molar-refractivity contribution in [2.75, 3.05) is 6.61 Å². The van der Waals surface area contributed by atoms with Crippen molar-refractivity contribution in [2.45, 2.75) is 39.7 Å². The lowest BCUT2D eigenvalue weighted by Gasteiger charge is -2.20. The Morgan fingerprint density at radius 1 is 1.23 bits per heavy atom. The summed E-state index contributed by atoms with van der Waals surface area (Å²) >= 11 is 3.47. The number of hydrogen-bond acceptors (Lipinski definition) is 4. The topological polar surface area (TPSA) is 79.8 Å². The highest BCUT2D eigenvalue weighted by atomic mass is 79.9. The summed E-state index contributed by atoms with van der Waals surface area (Å²) in [5, 5.41) is 6.55. The number of unbranched alkanes of at least 4 members (excludes halogenated alkanes) is 1. The molecule has 0 radical (unpaired) electrons. The molecule has 0 aromatic heterocycles. The van der Waals surface area contributed by atoms with Crippen molar-refractivity contribution >= 4 is 34.0 Å². The molecule has 6 nitrogen and oxygen atoms in total. The summed E-state index contributed by atoms with van der Waals surface area (Å²) in [7, 11) is 0. The summed E-state index contributed by atoms with van der Waals surface area (Å²) in [6.07, 6.45) is 3.53. The molecule has 0 aliphatic carbocycles. The van der Waals surface area contributed by atoms with Crippen molar-refractivity contribution in [1.82, 2.24) is 10.7 Å². The third kappa shape index (κ3) is 7.47. The number of ether oxygens (including phenoxy) is 1. The number of hydrazone groups is 1. The van der Waals surface area contributed by atoms with Crippen molar-refractivity contribution < 1.29 is 18.7 Å². The zero-order chi connectivity index (χ0) is 22.8. The molecule has 0 saturated carbocycles. The van der Waals surface area contributed by atoms with Gasteiger partial charge in [0.2, 0.25) is 0 Å². The Balaban J connectivity index is 1.98. The highest BCUT2D eigenvalue weighted by molar-refractivity contribution is 9.10. The molecule has 1 atom stereocenters. The minimum Gasteiger partial charge on any atom is -0.492 e. The standard InChI is InChI=1S/C23H27BrFN3O3/c1-4-5-12-31-20-11-10-16(13-18(20)24)14-26-28-23(30)21(15(2)3)27-22(29)17-8-6-7-9-19(17)25/h6-11,13-15,21H,4-5,12H2,1-3H3,(H,27,29)(H,28,30). The van der Waals surface area contributed by atoms with E-state index in [-0.39, 0.29) is 11.5 Å². The Labute approximate surface area is 190 Å². The Kier molecular flexibility index (Phi) is 9.65. The van der Waals surface area contributed by atoms with Crippen LogP contribution in [-0.4, -0.2) is 30.7 Å². The van der Waals surface area contributed by atoms with E-state index in [1.165, 1.54) is 24.4 Å². The molecule has 166 valence electrons. The first-order valence-electron chi connectivity index (χ1n) is 10.1. The summed E-state index contributed by atoms with van der Waals surface area (Å²) in [5.41, 5.74) is 3.08. The number of nitrogens with one attached hydrogen (secondary N) is 2. The largest absolute Gasteiger partial charge is 0.492 e. The van der Waals surface area contributed by atoms with Gasteiger partial charge in [-0.3, -0.25) is 9.59 Å². The first-order chi connectivity index (χ1) is 14.8. The van der Waals surface area contributed by atoms with Crippen LogP contribution < -0.4 is 15.5 Å². The minimum atomic E-state index is -0.870. The van der Waals surface area contributed by atoms with Crippen LogP contribution in [0.25, 0.3) is 0 Å². The summed E-state index contributed by atoms with van der Waals surface area (Å²) in [6.45, 7) is 6.31. The summed E-state index contributed by atoms with van der Waals surface area (Å²) in [4.78, 5) is 24.9. The monoisotopic (exact) mass is 491 g/mol. The third-order valence-corrected chi connectivity index (χ3v) is 5.07. The Morgan fingerprint density at radius 2 is 1.97 bits per heavy atom. The number of rotatable bonds is 10. The lowest BCUT2D eigenvalue weighted by molar-refractivity contribution is -0.123. The SMILES string of the molecule is CCCCOc1ccc(C=NNC(=O)C(NC(=O)c2ccccc2F)C(C)C)cc1Br. The van der Waals surface area contributed by atoms with E-state index < -0.39 is 23.7 Å². The lowest BCUT2D eigenvalue weighted by Crippen LogP contribution is -2.48. The van der Waals surface area contributed by atoms with Crippen molar-refractivity contribution in [1.29, 1.82) is 0 Å². The smallest absolute Gasteiger partial charge is 0.262 e.